The molecule has 0 fully saturated rings. The van der Waals surface area contributed by atoms with Crippen LogP contribution in [0, 0.1) is 20.8 Å². The van der Waals surface area contributed by atoms with Crippen molar-refractivity contribution in [3.63, 3.8) is 0 Å². The van der Waals surface area contributed by atoms with Crippen molar-refractivity contribution < 1.29 is 0 Å². The van der Waals surface area contributed by atoms with Crippen LogP contribution in [0.25, 0.3) is 10.9 Å². The Morgan fingerprint density at radius 3 is 2.48 bits per heavy atom. The van der Waals surface area contributed by atoms with Gasteiger partial charge in [-0.25, -0.2) is 0 Å². The summed E-state index contributed by atoms with van der Waals surface area (Å²) in [6.07, 6.45) is 1.90. The number of rotatable bonds is 3. The predicted molar refractivity (Wildman–Crippen MR) is 87.3 cm³/mol. The Hall–Kier alpha value is -2.13. The fourth-order valence-corrected chi connectivity index (χ4v) is 3.22. The van der Waals surface area contributed by atoms with Gasteiger partial charge in [-0.05, 0) is 43.5 Å². The van der Waals surface area contributed by atoms with Crippen molar-refractivity contribution in [2.45, 2.75) is 33.4 Å². The summed E-state index contributed by atoms with van der Waals surface area (Å²) in [5, 5.41) is 5.63. The minimum Gasteiger partial charge on any atom is -0.322 e. The Morgan fingerprint density at radius 1 is 1.10 bits per heavy atom. The van der Waals surface area contributed by atoms with Crippen LogP contribution in [0.4, 0.5) is 0 Å². The highest BCUT2D eigenvalue weighted by atomic mass is 15.3. The van der Waals surface area contributed by atoms with Crippen LogP contribution in [0.1, 0.15) is 28.3 Å². The molecule has 3 nitrogen and oxygen atoms in total. The molecular formula is C18H21N3. The number of aromatic nitrogens is 2. The van der Waals surface area contributed by atoms with Crippen LogP contribution < -0.4 is 5.73 Å². The van der Waals surface area contributed by atoms with Crippen LogP contribution in [0.15, 0.2) is 42.6 Å². The number of nitrogens with two attached hydrogens (primary N) is 1. The number of nitrogens with zero attached hydrogens (tertiary/aromatic N) is 2. The zero-order chi connectivity index (χ0) is 15.0. The van der Waals surface area contributed by atoms with Crippen LogP contribution in [0.3, 0.4) is 0 Å². The van der Waals surface area contributed by atoms with Crippen molar-refractivity contribution in [3.8, 4) is 0 Å². The summed E-state index contributed by atoms with van der Waals surface area (Å²) in [5.41, 5.74) is 12.6. The second-order valence-electron chi connectivity index (χ2n) is 5.80. The fraction of sp³-hybridized carbons (Fsp3) is 0.278. The Labute approximate surface area is 125 Å². The zero-order valence-electron chi connectivity index (χ0n) is 12.8. The normalized spacial score (nSPS) is 12.8. The van der Waals surface area contributed by atoms with Gasteiger partial charge in [0.2, 0.25) is 0 Å². The molecule has 0 saturated heterocycles. The molecule has 0 aliphatic heterocycles. The quantitative estimate of drug-likeness (QED) is 0.795. The maximum Gasteiger partial charge on any atom is 0.0683 e. The van der Waals surface area contributed by atoms with Gasteiger partial charge >= 0.3 is 0 Å². The van der Waals surface area contributed by atoms with Gasteiger partial charge in [0.25, 0.3) is 0 Å². The van der Waals surface area contributed by atoms with E-state index in [9.17, 15) is 0 Å². The topological polar surface area (TPSA) is 43.8 Å². The summed E-state index contributed by atoms with van der Waals surface area (Å²) in [6.45, 7) is 7.08. The smallest absolute Gasteiger partial charge is 0.0683 e. The summed E-state index contributed by atoms with van der Waals surface area (Å²) in [6, 6.07) is 12.6. The third kappa shape index (κ3) is 2.57. The molecule has 21 heavy (non-hydrogen) atoms. The van der Waals surface area contributed by atoms with Gasteiger partial charge in [-0.3, -0.25) is 4.68 Å². The molecular weight excluding hydrogens is 258 g/mol. The number of hydrogen-bond donors (Lipinski definition) is 1. The molecule has 1 unspecified atom stereocenters. The van der Waals surface area contributed by atoms with E-state index in [1.807, 2.05) is 23.0 Å². The highest BCUT2D eigenvalue weighted by molar-refractivity contribution is 5.78. The fourth-order valence-electron chi connectivity index (χ4n) is 3.22. The first-order valence-corrected chi connectivity index (χ1v) is 7.30. The lowest BCUT2D eigenvalue weighted by Gasteiger charge is -2.19. The van der Waals surface area contributed by atoms with Gasteiger partial charge in [-0.15, -0.1) is 0 Å². The molecule has 3 rings (SSSR count). The second-order valence-corrected chi connectivity index (χ2v) is 5.80. The van der Waals surface area contributed by atoms with Crippen LogP contribution in [0.2, 0.25) is 0 Å². The Balaban J connectivity index is 1.95. The molecule has 0 amide bonds. The average molecular weight is 279 g/mol. The first-order chi connectivity index (χ1) is 10.1. The van der Waals surface area contributed by atoms with Crippen molar-refractivity contribution in [2.24, 2.45) is 5.73 Å². The van der Waals surface area contributed by atoms with Crippen LogP contribution in [0.5, 0.6) is 0 Å². The van der Waals surface area contributed by atoms with E-state index in [0.717, 1.165) is 10.9 Å². The van der Waals surface area contributed by atoms with E-state index in [0.29, 0.717) is 6.54 Å². The minimum atomic E-state index is -0.0473. The van der Waals surface area contributed by atoms with Gasteiger partial charge in [0.05, 0.1) is 18.3 Å². The largest absolute Gasteiger partial charge is 0.322 e. The minimum absolute atomic E-state index is 0.0473. The van der Waals surface area contributed by atoms with Gasteiger partial charge in [0, 0.05) is 11.4 Å². The van der Waals surface area contributed by atoms with Crippen LogP contribution in [-0.2, 0) is 6.54 Å². The Bertz CT molecular complexity index is 763. The maximum absolute atomic E-state index is 6.47. The van der Waals surface area contributed by atoms with Crippen molar-refractivity contribution in [1.82, 2.24) is 9.78 Å². The molecule has 0 aliphatic rings. The molecule has 0 radical (unpaired) electrons. The molecule has 2 aromatic carbocycles. The third-order valence-electron chi connectivity index (χ3n) is 4.03. The van der Waals surface area contributed by atoms with Crippen LogP contribution >= 0.6 is 0 Å². The molecule has 3 aromatic rings. The van der Waals surface area contributed by atoms with Gasteiger partial charge in [0.15, 0.2) is 0 Å². The summed E-state index contributed by atoms with van der Waals surface area (Å²) in [4.78, 5) is 0. The van der Waals surface area contributed by atoms with E-state index in [4.69, 9.17) is 5.73 Å². The van der Waals surface area contributed by atoms with Crippen molar-refractivity contribution in [3.05, 3.63) is 64.8 Å². The summed E-state index contributed by atoms with van der Waals surface area (Å²) in [5.74, 6) is 0. The monoisotopic (exact) mass is 279 g/mol. The predicted octanol–water partition coefficient (Wildman–Crippen LogP) is 3.66. The molecule has 3 heteroatoms. The van der Waals surface area contributed by atoms with Crippen molar-refractivity contribution >= 4 is 10.9 Å². The lowest BCUT2D eigenvalue weighted by atomic mass is 9.94. The molecule has 1 aromatic heterocycles. The highest BCUT2D eigenvalue weighted by Gasteiger charge is 2.14. The molecule has 1 heterocycles. The molecule has 1 atom stereocenters. The Morgan fingerprint density at radius 2 is 1.76 bits per heavy atom. The molecule has 0 saturated carbocycles. The molecule has 0 spiro atoms. The lowest BCUT2D eigenvalue weighted by molar-refractivity contribution is 0.538. The number of hydrogen-bond acceptors (Lipinski definition) is 2. The van der Waals surface area contributed by atoms with Gasteiger partial charge < -0.3 is 5.73 Å². The van der Waals surface area contributed by atoms with E-state index in [1.165, 1.54) is 22.3 Å². The Kier molecular flexibility index (Phi) is 3.52. The van der Waals surface area contributed by atoms with E-state index < -0.39 is 0 Å². The summed E-state index contributed by atoms with van der Waals surface area (Å²) >= 11 is 0. The van der Waals surface area contributed by atoms with E-state index >= 15 is 0 Å². The van der Waals surface area contributed by atoms with E-state index in [2.05, 4.69) is 50.1 Å². The van der Waals surface area contributed by atoms with Crippen molar-refractivity contribution in [1.29, 1.82) is 0 Å². The number of fused-ring (bicyclic) bond motifs is 1. The van der Waals surface area contributed by atoms with Crippen LogP contribution in [-0.4, -0.2) is 9.78 Å². The standard InChI is InChI=1S/C18H21N3/c1-12-8-13(2)18(14(3)9-12)16(19)11-21-17-7-5-4-6-15(17)10-20-21/h4-10,16H,11,19H2,1-3H3. The van der Waals surface area contributed by atoms with Gasteiger partial charge in [-0.2, -0.15) is 5.10 Å². The number of benzene rings is 2. The number of aryl methyl sites for hydroxylation is 3. The molecule has 0 aliphatic carbocycles. The van der Waals surface area contributed by atoms with Crippen molar-refractivity contribution in [2.75, 3.05) is 0 Å². The zero-order valence-corrected chi connectivity index (χ0v) is 12.8. The molecule has 108 valence electrons. The third-order valence-corrected chi connectivity index (χ3v) is 4.03. The van der Waals surface area contributed by atoms with E-state index in [-0.39, 0.29) is 6.04 Å². The van der Waals surface area contributed by atoms with Gasteiger partial charge in [0.1, 0.15) is 0 Å². The SMILES string of the molecule is Cc1cc(C)c(C(N)Cn2ncc3ccccc32)c(C)c1. The molecule has 2 N–H and O–H groups in total. The summed E-state index contributed by atoms with van der Waals surface area (Å²) in [7, 11) is 0. The first kappa shape index (κ1) is 13.8. The summed E-state index contributed by atoms with van der Waals surface area (Å²) < 4.78 is 2.00. The first-order valence-electron chi connectivity index (χ1n) is 7.30. The number of para-hydroxylation sites is 1. The molecule has 0 bridgehead atoms. The lowest BCUT2D eigenvalue weighted by Crippen LogP contribution is -2.20. The maximum atomic E-state index is 6.47. The second kappa shape index (κ2) is 5.34. The van der Waals surface area contributed by atoms with E-state index in [1.54, 1.807) is 0 Å². The highest BCUT2D eigenvalue weighted by Crippen LogP contribution is 2.24. The van der Waals surface area contributed by atoms with Gasteiger partial charge in [-0.1, -0.05) is 35.9 Å². The average Bonchev–Trinajstić information content (AvgIpc) is 2.81.